The fourth-order valence-electron chi connectivity index (χ4n) is 1.48. The molecule has 72 valence electrons. The molecule has 0 aliphatic carbocycles. The van der Waals surface area contributed by atoms with Gasteiger partial charge in [-0.3, -0.25) is 0 Å². The molecule has 1 aromatic rings. The molecular weight excluding hydrogens is 162 g/mol. The summed E-state index contributed by atoms with van der Waals surface area (Å²) in [6.45, 7) is 5.89. The van der Waals surface area contributed by atoms with Gasteiger partial charge in [0.05, 0.1) is 6.61 Å². The fourth-order valence-corrected chi connectivity index (χ4v) is 1.48. The topological polar surface area (TPSA) is 32.3 Å². The van der Waals surface area contributed by atoms with Crippen LogP contribution in [0.1, 0.15) is 16.7 Å². The van der Waals surface area contributed by atoms with Crippen LogP contribution in [0.2, 0.25) is 0 Å². The minimum atomic E-state index is 0.199. The summed E-state index contributed by atoms with van der Waals surface area (Å²) in [4.78, 5) is 0. The molecule has 0 saturated carbocycles. The number of aliphatic hydroxyl groups is 1. The van der Waals surface area contributed by atoms with Gasteiger partial charge < -0.3 is 10.4 Å². The van der Waals surface area contributed by atoms with Gasteiger partial charge in [0.2, 0.25) is 0 Å². The Balaban J connectivity index is 2.56. The summed E-state index contributed by atoms with van der Waals surface area (Å²) in [5.41, 5.74) is 3.87. The van der Waals surface area contributed by atoms with Crippen molar-refractivity contribution < 1.29 is 5.11 Å². The van der Waals surface area contributed by atoms with Crippen molar-refractivity contribution in [3.8, 4) is 0 Å². The number of benzene rings is 1. The lowest BCUT2D eigenvalue weighted by molar-refractivity contribution is 0.292. The van der Waals surface area contributed by atoms with Crippen LogP contribution in [0.3, 0.4) is 0 Å². The normalized spacial score (nSPS) is 10.4. The summed E-state index contributed by atoms with van der Waals surface area (Å²) in [5, 5.41) is 11.7. The highest BCUT2D eigenvalue weighted by Crippen LogP contribution is 2.08. The zero-order chi connectivity index (χ0) is 9.68. The van der Waals surface area contributed by atoms with Crippen LogP contribution in [0.15, 0.2) is 18.2 Å². The zero-order valence-electron chi connectivity index (χ0n) is 8.30. The summed E-state index contributed by atoms with van der Waals surface area (Å²) in [7, 11) is 0. The quantitative estimate of drug-likeness (QED) is 0.684. The predicted octanol–water partition coefficient (Wildman–Crippen LogP) is 1.39. The summed E-state index contributed by atoms with van der Waals surface area (Å²) in [5.74, 6) is 0. The van der Waals surface area contributed by atoms with E-state index in [1.165, 1.54) is 16.7 Å². The lowest BCUT2D eigenvalue weighted by atomic mass is 10.1. The maximum absolute atomic E-state index is 8.59. The SMILES string of the molecule is Cc1cc(C)cc(CNCCO)c1. The highest BCUT2D eigenvalue weighted by Gasteiger charge is 1.94. The molecule has 0 saturated heterocycles. The van der Waals surface area contributed by atoms with E-state index in [4.69, 9.17) is 5.11 Å². The molecule has 1 rings (SSSR count). The first kappa shape index (κ1) is 10.2. The van der Waals surface area contributed by atoms with Gasteiger partial charge in [-0.15, -0.1) is 0 Å². The van der Waals surface area contributed by atoms with E-state index in [9.17, 15) is 0 Å². The minimum absolute atomic E-state index is 0.199. The van der Waals surface area contributed by atoms with E-state index in [1.54, 1.807) is 0 Å². The number of nitrogens with one attached hydrogen (secondary N) is 1. The summed E-state index contributed by atoms with van der Waals surface area (Å²) >= 11 is 0. The van der Waals surface area contributed by atoms with Gasteiger partial charge in [-0.05, 0) is 19.4 Å². The van der Waals surface area contributed by atoms with Gasteiger partial charge in [0.1, 0.15) is 0 Å². The van der Waals surface area contributed by atoms with Crippen LogP contribution in [-0.2, 0) is 6.54 Å². The number of aliphatic hydroxyl groups excluding tert-OH is 1. The molecule has 0 heterocycles. The lowest BCUT2D eigenvalue weighted by Gasteiger charge is -2.05. The van der Waals surface area contributed by atoms with Gasteiger partial charge >= 0.3 is 0 Å². The Morgan fingerprint density at radius 1 is 1.15 bits per heavy atom. The van der Waals surface area contributed by atoms with Crippen LogP contribution in [0.25, 0.3) is 0 Å². The average molecular weight is 179 g/mol. The molecule has 0 bridgehead atoms. The molecule has 0 aliphatic heterocycles. The zero-order valence-corrected chi connectivity index (χ0v) is 8.30. The first-order valence-corrected chi connectivity index (χ1v) is 4.61. The molecule has 0 radical (unpaired) electrons. The van der Waals surface area contributed by atoms with Gasteiger partial charge in [0, 0.05) is 13.1 Å². The van der Waals surface area contributed by atoms with Crippen molar-refractivity contribution in [2.24, 2.45) is 0 Å². The second kappa shape index (κ2) is 5.00. The van der Waals surface area contributed by atoms with E-state index >= 15 is 0 Å². The van der Waals surface area contributed by atoms with Crippen molar-refractivity contribution in [2.75, 3.05) is 13.2 Å². The van der Waals surface area contributed by atoms with E-state index in [1.807, 2.05) is 0 Å². The van der Waals surface area contributed by atoms with E-state index in [-0.39, 0.29) is 6.61 Å². The molecule has 13 heavy (non-hydrogen) atoms. The second-order valence-corrected chi connectivity index (χ2v) is 3.40. The van der Waals surface area contributed by atoms with Crippen molar-refractivity contribution in [3.63, 3.8) is 0 Å². The highest BCUT2D eigenvalue weighted by molar-refractivity contribution is 5.28. The van der Waals surface area contributed by atoms with E-state index in [2.05, 4.69) is 37.4 Å². The highest BCUT2D eigenvalue weighted by atomic mass is 16.3. The van der Waals surface area contributed by atoms with Gasteiger partial charge in [-0.25, -0.2) is 0 Å². The van der Waals surface area contributed by atoms with Crippen molar-refractivity contribution in [2.45, 2.75) is 20.4 Å². The standard InChI is InChI=1S/C11H17NO/c1-9-5-10(2)7-11(6-9)8-12-3-4-13/h5-7,12-13H,3-4,8H2,1-2H3. The van der Waals surface area contributed by atoms with E-state index < -0.39 is 0 Å². The molecule has 0 fully saturated rings. The summed E-state index contributed by atoms with van der Waals surface area (Å²) in [6.07, 6.45) is 0. The van der Waals surface area contributed by atoms with E-state index in [0.717, 1.165) is 6.54 Å². The lowest BCUT2D eigenvalue weighted by Crippen LogP contribution is -2.17. The molecule has 0 atom stereocenters. The molecule has 0 amide bonds. The van der Waals surface area contributed by atoms with Crippen LogP contribution in [0.5, 0.6) is 0 Å². The number of aryl methyl sites for hydroxylation is 2. The third kappa shape index (κ3) is 3.57. The Bertz CT molecular complexity index is 251. The van der Waals surface area contributed by atoms with Crippen molar-refractivity contribution >= 4 is 0 Å². The number of hydrogen-bond donors (Lipinski definition) is 2. The maximum atomic E-state index is 8.59. The third-order valence-corrected chi connectivity index (χ3v) is 1.90. The van der Waals surface area contributed by atoms with Crippen molar-refractivity contribution in [1.82, 2.24) is 5.32 Å². The molecule has 1 aromatic carbocycles. The van der Waals surface area contributed by atoms with E-state index in [0.29, 0.717) is 6.54 Å². The Morgan fingerprint density at radius 3 is 2.31 bits per heavy atom. The minimum Gasteiger partial charge on any atom is -0.395 e. The monoisotopic (exact) mass is 179 g/mol. The predicted molar refractivity (Wildman–Crippen MR) is 54.7 cm³/mol. The van der Waals surface area contributed by atoms with Gasteiger partial charge in [-0.1, -0.05) is 29.3 Å². The largest absolute Gasteiger partial charge is 0.395 e. The van der Waals surface area contributed by atoms with Gasteiger partial charge in [0.25, 0.3) is 0 Å². The second-order valence-electron chi connectivity index (χ2n) is 3.40. The molecule has 2 heteroatoms. The Labute approximate surface area is 79.6 Å². The molecular formula is C11H17NO. The summed E-state index contributed by atoms with van der Waals surface area (Å²) in [6, 6.07) is 6.49. The Morgan fingerprint density at radius 2 is 1.77 bits per heavy atom. The maximum Gasteiger partial charge on any atom is 0.0556 e. The number of hydrogen-bond acceptors (Lipinski definition) is 2. The molecule has 2 nitrogen and oxygen atoms in total. The molecule has 0 aromatic heterocycles. The summed E-state index contributed by atoms with van der Waals surface area (Å²) < 4.78 is 0. The van der Waals surface area contributed by atoms with Crippen molar-refractivity contribution in [1.29, 1.82) is 0 Å². The van der Waals surface area contributed by atoms with Crippen LogP contribution < -0.4 is 5.32 Å². The smallest absolute Gasteiger partial charge is 0.0556 e. The van der Waals surface area contributed by atoms with Gasteiger partial charge in [-0.2, -0.15) is 0 Å². The third-order valence-electron chi connectivity index (χ3n) is 1.90. The van der Waals surface area contributed by atoms with Crippen LogP contribution in [-0.4, -0.2) is 18.3 Å². The van der Waals surface area contributed by atoms with Crippen LogP contribution >= 0.6 is 0 Å². The molecule has 0 unspecified atom stereocenters. The first-order chi connectivity index (χ1) is 6.22. The molecule has 2 N–H and O–H groups in total. The fraction of sp³-hybridized carbons (Fsp3) is 0.455. The van der Waals surface area contributed by atoms with Gasteiger partial charge in [0.15, 0.2) is 0 Å². The number of rotatable bonds is 4. The average Bonchev–Trinajstić information content (AvgIpc) is 2.03. The first-order valence-electron chi connectivity index (χ1n) is 4.61. The van der Waals surface area contributed by atoms with Crippen LogP contribution in [0.4, 0.5) is 0 Å². The van der Waals surface area contributed by atoms with Crippen molar-refractivity contribution in [3.05, 3.63) is 34.9 Å². The Hall–Kier alpha value is -0.860. The Kier molecular flexibility index (Phi) is 3.93. The van der Waals surface area contributed by atoms with Crippen LogP contribution in [0, 0.1) is 13.8 Å². The molecule has 0 spiro atoms. The molecule has 0 aliphatic rings.